The number of aliphatic carboxylic acids is 1. The van der Waals surface area contributed by atoms with Crippen LogP contribution in [0.1, 0.15) is 29.7 Å². The van der Waals surface area contributed by atoms with Gasteiger partial charge in [0, 0.05) is 0 Å². The number of hydrogen-bond donors (Lipinski definition) is 2. The first-order valence-corrected chi connectivity index (χ1v) is 4.43. The van der Waals surface area contributed by atoms with E-state index < -0.39 is 11.9 Å². The molecule has 0 radical (unpaired) electrons. The molecule has 1 rings (SSSR count). The van der Waals surface area contributed by atoms with E-state index in [1.807, 2.05) is 0 Å². The Balaban J connectivity index is 2.93. The Morgan fingerprint density at radius 1 is 1.64 bits per heavy atom. The van der Waals surface area contributed by atoms with E-state index in [2.05, 4.69) is 4.98 Å². The van der Waals surface area contributed by atoms with Gasteiger partial charge in [-0.15, -0.1) is 0 Å². The van der Waals surface area contributed by atoms with Crippen LogP contribution in [-0.2, 0) is 4.79 Å². The molecular formula is C9H14N2O3. The smallest absolute Gasteiger partial charge is 0.316 e. The number of rotatable bonds is 4. The summed E-state index contributed by atoms with van der Waals surface area (Å²) in [6.45, 7) is 3.84. The molecule has 0 aliphatic carbocycles. The molecule has 0 aliphatic heterocycles. The molecule has 14 heavy (non-hydrogen) atoms. The van der Waals surface area contributed by atoms with Crippen molar-refractivity contribution in [3.8, 4) is 0 Å². The number of oxazole rings is 1. The Labute approximate surface area is 81.9 Å². The van der Waals surface area contributed by atoms with Crippen molar-refractivity contribution >= 4 is 5.97 Å². The molecule has 1 unspecified atom stereocenters. The zero-order chi connectivity index (χ0) is 10.7. The van der Waals surface area contributed by atoms with Gasteiger partial charge in [0.15, 0.2) is 0 Å². The summed E-state index contributed by atoms with van der Waals surface area (Å²) in [7, 11) is 0. The quantitative estimate of drug-likeness (QED) is 0.747. The first kappa shape index (κ1) is 10.7. The van der Waals surface area contributed by atoms with Crippen molar-refractivity contribution in [2.75, 3.05) is 6.54 Å². The van der Waals surface area contributed by atoms with Crippen LogP contribution >= 0.6 is 0 Å². The van der Waals surface area contributed by atoms with Gasteiger partial charge >= 0.3 is 5.97 Å². The summed E-state index contributed by atoms with van der Waals surface area (Å²) in [5.41, 5.74) is 6.04. The summed E-state index contributed by atoms with van der Waals surface area (Å²) in [6.07, 6.45) is 0.342. The lowest BCUT2D eigenvalue weighted by Gasteiger charge is -2.05. The third-order valence-corrected chi connectivity index (χ3v) is 2.10. The van der Waals surface area contributed by atoms with Crippen molar-refractivity contribution in [3.63, 3.8) is 0 Å². The van der Waals surface area contributed by atoms with Crippen LogP contribution in [0, 0.1) is 13.8 Å². The number of nitrogens with two attached hydrogens (primary N) is 1. The molecule has 0 amide bonds. The maximum Gasteiger partial charge on any atom is 0.316 e. The Bertz CT molecular complexity index is 313. The normalized spacial score (nSPS) is 12.8. The van der Waals surface area contributed by atoms with Gasteiger partial charge in [-0.1, -0.05) is 0 Å². The monoisotopic (exact) mass is 198 g/mol. The fourth-order valence-corrected chi connectivity index (χ4v) is 1.17. The van der Waals surface area contributed by atoms with Crippen molar-refractivity contribution in [2.24, 2.45) is 5.73 Å². The maximum absolute atomic E-state index is 10.9. The van der Waals surface area contributed by atoms with E-state index in [0.717, 1.165) is 5.69 Å². The molecule has 0 saturated heterocycles. The number of carboxylic acid groups (broad SMARTS) is 1. The predicted octanol–water partition coefficient (Wildman–Crippen LogP) is 0.808. The van der Waals surface area contributed by atoms with Crippen molar-refractivity contribution in [3.05, 3.63) is 17.3 Å². The molecule has 0 saturated carbocycles. The van der Waals surface area contributed by atoms with Crippen molar-refractivity contribution in [1.82, 2.24) is 4.98 Å². The second kappa shape index (κ2) is 4.23. The first-order chi connectivity index (χ1) is 6.56. The van der Waals surface area contributed by atoms with Crippen LogP contribution in [0.4, 0.5) is 0 Å². The average molecular weight is 198 g/mol. The maximum atomic E-state index is 10.9. The predicted molar refractivity (Wildman–Crippen MR) is 50.0 cm³/mol. The van der Waals surface area contributed by atoms with E-state index in [-0.39, 0.29) is 5.89 Å². The Morgan fingerprint density at radius 2 is 2.29 bits per heavy atom. The molecule has 0 aliphatic rings. The lowest BCUT2D eigenvalue weighted by atomic mass is 10.1. The molecular weight excluding hydrogens is 184 g/mol. The van der Waals surface area contributed by atoms with E-state index in [1.165, 1.54) is 0 Å². The molecule has 5 heteroatoms. The fraction of sp³-hybridized carbons (Fsp3) is 0.556. The summed E-state index contributed by atoms with van der Waals surface area (Å²) in [5.74, 6) is -0.773. The Kier molecular flexibility index (Phi) is 3.24. The van der Waals surface area contributed by atoms with E-state index in [0.29, 0.717) is 18.7 Å². The second-order valence-corrected chi connectivity index (χ2v) is 3.16. The van der Waals surface area contributed by atoms with Crippen LogP contribution < -0.4 is 5.73 Å². The number of carboxylic acids is 1. The largest absolute Gasteiger partial charge is 0.481 e. The topological polar surface area (TPSA) is 89.3 Å². The van der Waals surface area contributed by atoms with Crippen LogP contribution in [0.2, 0.25) is 0 Å². The third kappa shape index (κ3) is 2.11. The van der Waals surface area contributed by atoms with Gasteiger partial charge in [-0.3, -0.25) is 4.79 Å². The van der Waals surface area contributed by atoms with Gasteiger partial charge in [-0.05, 0) is 26.8 Å². The molecule has 1 aromatic heterocycles. The van der Waals surface area contributed by atoms with Crippen LogP contribution in [-0.4, -0.2) is 22.6 Å². The standard InChI is InChI=1S/C9H14N2O3/c1-5-6(2)14-8(11-5)7(3-4-10)9(12)13/h7H,3-4,10H2,1-2H3,(H,12,13). The minimum Gasteiger partial charge on any atom is -0.481 e. The van der Waals surface area contributed by atoms with Gasteiger partial charge in [0.2, 0.25) is 5.89 Å². The second-order valence-electron chi connectivity index (χ2n) is 3.16. The van der Waals surface area contributed by atoms with Gasteiger partial charge in [-0.2, -0.15) is 0 Å². The SMILES string of the molecule is Cc1nc(C(CCN)C(=O)O)oc1C. The molecule has 0 spiro atoms. The van der Waals surface area contributed by atoms with E-state index in [4.69, 9.17) is 15.3 Å². The summed E-state index contributed by atoms with van der Waals surface area (Å²) in [4.78, 5) is 14.9. The summed E-state index contributed by atoms with van der Waals surface area (Å²) in [5, 5.41) is 8.90. The summed E-state index contributed by atoms with van der Waals surface area (Å²) in [6, 6.07) is 0. The van der Waals surface area contributed by atoms with Crippen LogP contribution in [0.3, 0.4) is 0 Å². The summed E-state index contributed by atoms with van der Waals surface area (Å²) < 4.78 is 5.24. The van der Waals surface area contributed by atoms with Gasteiger partial charge in [0.25, 0.3) is 0 Å². The average Bonchev–Trinajstić information content (AvgIpc) is 2.42. The Morgan fingerprint density at radius 3 is 2.64 bits per heavy atom. The minimum atomic E-state index is -0.948. The van der Waals surface area contributed by atoms with Gasteiger partial charge in [-0.25, -0.2) is 4.98 Å². The van der Waals surface area contributed by atoms with Gasteiger partial charge in [0.1, 0.15) is 11.7 Å². The Hall–Kier alpha value is -1.36. The third-order valence-electron chi connectivity index (χ3n) is 2.10. The molecule has 5 nitrogen and oxygen atoms in total. The highest BCUT2D eigenvalue weighted by molar-refractivity contribution is 5.74. The van der Waals surface area contributed by atoms with Crippen LogP contribution in [0.25, 0.3) is 0 Å². The van der Waals surface area contributed by atoms with Gasteiger partial charge < -0.3 is 15.3 Å². The molecule has 0 fully saturated rings. The highest BCUT2D eigenvalue weighted by atomic mass is 16.4. The zero-order valence-electron chi connectivity index (χ0n) is 8.28. The molecule has 1 aromatic rings. The van der Waals surface area contributed by atoms with E-state index in [9.17, 15) is 4.79 Å². The van der Waals surface area contributed by atoms with Crippen LogP contribution in [0.5, 0.6) is 0 Å². The fourth-order valence-electron chi connectivity index (χ4n) is 1.17. The number of aromatic nitrogens is 1. The lowest BCUT2D eigenvalue weighted by Crippen LogP contribution is -2.16. The van der Waals surface area contributed by atoms with Crippen LogP contribution in [0.15, 0.2) is 4.42 Å². The number of hydrogen-bond acceptors (Lipinski definition) is 4. The molecule has 0 aromatic carbocycles. The highest BCUT2D eigenvalue weighted by Gasteiger charge is 2.24. The van der Waals surface area contributed by atoms with E-state index in [1.54, 1.807) is 13.8 Å². The van der Waals surface area contributed by atoms with Crippen molar-refractivity contribution < 1.29 is 14.3 Å². The number of aryl methyl sites for hydroxylation is 2. The zero-order valence-corrected chi connectivity index (χ0v) is 8.28. The van der Waals surface area contributed by atoms with Crippen molar-refractivity contribution in [2.45, 2.75) is 26.2 Å². The van der Waals surface area contributed by atoms with Crippen molar-refractivity contribution in [1.29, 1.82) is 0 Å². The lowest BCUT2D eigenvalue weighted by molar-refractivity contribution is -0.139. The number of carbonyl (C=O) groups is 1. The van der Waals surface area contributed by atoms with E-state index >= 15 is 0 Å². The van der Waals surface area contributed by atoms with Gasteiger partial charge in [0.05, 0.1) is 5.69 Å². The molecule has 0 bridgehead atoms. The molecule has 78 valence electrons. The molecule has 1 atom stereocenters. The minimum absolute atomic E-state index is 0.248. The highest BCUT2D eigenvalue weighted by Crippen LogP contribution is 2.21. The summed E-state index contributed by atoms with van der Waals surface area (Å²) >= 11 is 0. The first-order valence-electron chi connectivity index (χ1n) is 4.43. The number of nitrogens with zero attached hydrogens (tertiary/aromatic N) is 1. The molecule has 1 heterocycles. The molecule has 3 N–H and O–H groups in total.